The van der Waals surface area contributed by atoms with E-state index in [9.17, 15) is 4.79 Å². The molecule has 0 amide bonds. The van der Waals surface area contributed by atoms with E-state index in [2.05, 4.69) is 4.99 Å². The quantitative estimate of drug-likeness (QED) is 0.542. The zero-order valence-corrected chi connectivity index (χ0v) is 8.63. The molecule has 1 aromatic rings. The van der Waals surface area contributed by atoms with Gasteiger partial charge in [-0.15, -0.1) is 0 Å². The van der Waals surface area contributed by atoms with Gasteiger partial charge in [0, 0.05) is 0 Å². The summed E-state index contributed by atoms with van der Waals surface area (Å²) in [6.45, 7) is 4.31. The summed E-state index contributed by atoms with van der Waals surface area (Å²) < 4.78 is 5.26. The van der Waals surface area contributed by atoms with Crippen LogP contribution in [-0.4, -0.2) is 13.2 Å². The molecule has 0 saturated carbocycles. The largest absolute Gasteiger partial charge is 0.496 e. The molecule has 3 nitrogen and oxygen atoms in total. The summed E-state index contributed by atoms with van der Waals surface area (Å²) in [5.74, 6) is 0.864. The van der Waals surface area contributed by atoms with Gasteiger partial charge in [-0.05, 0) is 30.5 Å². The molecule has 0 aliphatic carbocycles. The van der Waals surface area contributed by atoms with Crippen molar-refractivity contribution in [1.82, 2.24) is 0 Å². The first-order valence-corrected chi connectivity index (χ1v) is 4.37. The average Bonchev–Trinajstić information content (AvgIpc) is 2.18. The molecule has 0 heterocycles. The number of isocyanates is 1. The molecule has 0 atom stereocenters. The van der Waals surface area contributed by atoms with Gasteiger partial charge < -0.3 is 4.74 Å². The Kier molecular flexibility index (Phi) is 3.43. The van der Waals surface area contributed by atoms with Crippen LogP contribution in [0.5, 0.6) is 5.75 Å². The molecule has 14 heavy (non-hydrogen) atoms. The fraction of sp³-hybridized carbons (Fsp3) is 0.364. The van der Waals surface area contributed by atoms with Crippen molar-refractivity contribution in [2.45, 2.75) is 20.4 Å². The molecule has 0 radical (unpaired) electrons. The van der Waals surface area contributed by atoms with E-state index in [0.29, 0.717) is 6.54 Å². The Morgan fingerprint density at radius 1 is 1.43 bits per heavy atom. The third kappa shape index (κ3) is 2.01. The predicted octanol–water partition coefficient (Wildman–Crippen LogP) is 2.15. The second-order valence-electron chi connectivity index (χ2n) is 3.11. The van der Waals surface area contributed by atoms with Crippen LogP contribution in [0.15, 0.2) is 17.1 Å². The zero-order chi connectivity index (χ0) is 10.6. The highest BCUT2D eigenvalue weighted by Gasteiger charge is 2.06. The second-order valence-corrected chi connectivity index (χ2v) is 3.11. The van der Waals surface area contributed by atoms with Crippen LogP contribution < -0.4 is 4.74 Å². The molecule has 0 aromatic heterocycles. The van der Waals surface area contributed by atoms with Gasteiger partial charge in [-0.2, -0.15) is 0 Å². The number of hydrogen-bond donors (Lipinski definition) is 0. The lowest BCUT2D eigenvalue weighted by atomic mass is 10.0. The number of benzene rings is 1. The first-order valence-electron chi connectivity index (χ1n) is 4.37. The van der Waals surface area contributed by atoms with E-state index in [1.165, 1.54) is 6.08 Å². The Balaban J connectivity index is 3.13. The highest BCUT2D eigenvalue weighted by molar-refractivity contribution is 5.45. The van der Waals surface area contributed by atoms with E-state index in [1.807, 2.05) is 26.0 Å². The van der Waals surface area contributed by atoms with Crippen molar-refractivity contribution < 1.29 is 9.53 Å². The lowest BCUT2D eigenvalue weighted by molar-refractivity contribution is 0.408. The third-order valence-corrected chi connectivity index (χ3v) is 2.23. The van der Waals surface area contributed by atoms with Gasteiger partial charge in [0.25, 0.3) is 0 Å². The van der Waals surface area contributed by atoms with Crippen LogP contribution in [0.4, 0.5) is 0 Å². The third-order valence-electron chi connectivity index (χ3n) is 2.23. The molecule has 0 unspecified atom stereocenters. The lowest BCUT2D eigenvalue weighted by Gasteiger charge is -2.11. The molecule has 0 spiro atoms. The van der Waals surface area contributed by atoms with Gasteiger partial charge in [-0.3, -0.25) is 0 Å². The molecule has 74 valence electrons. The maximum Gasteiger partial charge on any atom is 0.235 e. The Hall–Kier alpha value is -1.60. The monoisotopic (exact) mass is 191 g/mol. The SMILES string of the molecule is COc1c(C)ccc(CN=C=O)c1C. The van der Waals surface area contributed by atoms with E-state index in [4.69, 9.17) is 4.74 Å². The first-order chi connectivity index (χ1) is 6.70. The van der Waals surface area contributed by atoms with Gasteiger partial charge in [-0.1, -0.05) is 12.1 Å². The number of methoxy groups -OCH3 is 1. The molecule has 0 fully saturated rings. The summed E-state index contributed by atoms with van der Waals surface area (Å²) in [5, 5.41) is 0. The lowest BCUT2D eigenvalue weighted by Crippen LogP contribution is -1.95. The normalized spacial score (nSPS) is 9.36. The number of ether oxygens (including phenoxy) is 1. The molecular formula is C11H13NO2. The molecular weight excluding hydrogens is 178 g/mol. The van der Waals surface area contributed by atoms with E-state index in [-0.39, 0.29) is 0 Å². The van der Waals surface area contributed by atoms with E-state index in [1.54, 1.807) is 7.11 Å². The minimum Gasteiger partial charge on any atom is -0.496 e. The smallest absolute Gasteiger partial charge is 0.235 e. The molecule has 0 aliphatic rings. The highest BCUT2D eigenvalue weighted by atomic mass is 16.5. The van der Waals surface area contributed by atoms with E-state index in [0.717, 1.165) is 22.4 Å². The molecule has 0 bridgehead atoms. The van der Waals surface area contributed by atoms with Crippen LogP contribution in [-0.2, 0) is 11.3 Å². The summed E-state index contributed by atoms with van der Waals surface area (Å²) in [6, 6.07) is 3.91. The maximum absolute atomic E-state index is 9.99. The summed E-state index contributed by atoms with van der Waals surface area (Å²) in [5.41, 5.74) is 3.12. The molecule has 1 aromatic carbocycles. The number of carbonyl (C=O) groups excluding carboxylic acids is 1. The minimum atomic E-state index is 0.367. The fourth-order valence-corrected chi connectivity index (χ4v) is 1.47. The van der Waals surface area contributed by atoms with Crippen molar-refractivity contribution in [3.63, 3.8) is 0 Å². The number of aliphatic imine (C=N–C) groups is 1. The van der Waals surface area contributed by atoms with Crippen LogP contribution in [0, 0.1) is 13.8 Å². The average molecular weight is 191 g/mol. The van der Waals surface area contributed by atoms with Gasteiger partial charge in [0.05, 0.1) is 13.7 Å². The van der Waals surface area contributed by atoms with Crippen LogP contribution in [0.3, 0.4) is 0 Å². The molecule has 0 aliphatic heterocycles. The van der Waals surface area contributed by atoms with Gasteiger partial charge >= 0.3 is 0 Å². The van der Waals surface area contributed by atoms with Crippen LogP contribution >= 0.6 is 0 Å². The van der Waals surface area contributed by atoms with Crippen molar-refractivity contribution in [3.05, 3.63) is 28.8 Å². The maximum atomic E-state index is 9.99. The summed E-state index contributed by atoms with van der Waals surface area (Å²) in [6.07, 6.45) is 1.53. The molecule has 1 rings (SSSR count). The highest BCUT2D eigenvalue weighted by Crippen LogP contribution is 2.25. The zero-order valence-electron chi connectivity index (χ0n) is 8.63. The Labute approximate surface area is 83.4 Å². The van der Waals surface area contributed by atoms with E-state index < -0.39 is 0 Å². The summed E-state index contributed by atoms with van der Waals surface area (Å²) in [4.78, 5) is 13.5. The topological polar surface area (TPSA) is 38.7 Å². The Morgan fingerprint density at radius 3 is 2.71 bits per heavy atom. The molecule has 3 heteroatoms. The minimum absolute atomic E-state index is 0.367. The first kappa shape index (κ1) is 10.5. The van der Waals surface area contributed by atoms with Gasteiger partial charge in [0.2, 0.25) is 6.08 Å². The van der Waals surface area contributed by atoms with Crippen molar-refractivity contribution in [2.24, 2.45) is 4.99 Å². The fourth-order valence-electron chi connectivity index (χ4n) is 1.47. The van der Waals surface area contributed by atoms with Gasteiger partial charge in [-0.25, -0.2) is 9.79 Å². The van der Waals surface area contributed by atoms with Crippen LogP contribution in [0.2, 0.25) is 0 Å². The second kappa shape index (κ2) is 4.58. The van der Waals surface area contributed by atoms with Gasteiger partial charge in [0.15, 0.2) is 0 Å². The molecule has 0 saturated heterocycles. The number of rotatable bonds is 3. The number of nitrogens with zero attached hydrogens (tertiary/aromatic N) is 1. The number of aryl methyl sites for hydroxylation is 1. The van der Waals surface area contributed by atoms with Crippen LogP contribution in [0.1, 0.15) is 16.7 Å². The summed E-state index contributed by atoms with van der Waals surface area (Å²) >= 11 is 0. The van der Waals surface area contributed by atoms with Crippen molar-refractivity contribution in [1.29, 1.82) is 0 Å². The van der Waals surface area contributed by atoms with Gasteiger partial charge in [0.1, 0.15) is 5.75 Å². The van der Waals surface area contributed by atoms with Crippen LogP contribution in [0.25, 0.3) is 0 Å². The predicted molar refractivity (Wildman–Crippen MR) is 54.3 cm³/mol. The van der Waals surface area contributed by atoms with E-state index >= 15 is 0 Å². The van der Waals surface area contributed by atoms with Crippen molar-refractivity contribution in [2.75, 3.05) is 7.11 Å². The summed E-state index contributed by atoms with van der Waals surface area (Å²) in [7, 11) is 1.64. The van der Waals surface area contributed by atoms with Crippen molar-refractivity contribution in [3.8, 4) is 5.75 Å². The Morgan fingerprint density at radius 2 is 2.14 bits per heavy atom. The standard InChI is InChI=1S/C11H13NO2/c1-8-4-5-10(6-12-7-13)9(2)11(8)14-3/h4-5H,6H2,1-3H3. The molecule has 0 N–H and O–H groups in total. The Bertz CT molecular complexity index is 379. The number of hydrogen-bond acceptors (Lipinski definition) is 3. The van der Waals surface area contributed by atoms with Crippen molar-refractivity contribution >= 4 is 6.08 Å².